The Morgan fingerprint density at radius 2 is 1.84 bits per heavy atom. The third-order valence-corrected chi connectivity index (χ3v) is 6.05. The third kappa shape index (κ3) is 3.89. The molecule has 7 heteroatoms. The summed E-state index contributed by atoms with van der Waals surface area (Å²) in [7, 11) is 1.81. The van der Waals surface area contributed by atoms with Crippen LogP contribution in [0.1, 0.15) is 16.7 Å². The normalized spacial score (nSPS) is 12.2. The average Bonchev–Trinajstić information content (AvgIpc) is 3.20. The van der Waals surface area contributed by atoms with Crippen molar-refractivity contribution < 1.29 is 4.79 Å². The summed E-state index contributed by atoms with van der Waals surface area (Å²) in [6.07, 6.45) is 3.43. The van der Waals surface area contributed by atoms with Gasteiger partial charge in [0, 0.05) is 30.4 Å². The van der Waals surface area contributed by atoms with E-state index in [0.717, 1.165) is 52.2 Å². The van der Waals surface area contributed by atoms with E-state index >= 15 is 0 Å². The van der Waals surface area contributed by atoms with Crippen molar-refractivity contribution in [3.05, 3.63) is 88.6 Å². The lowest BCUT2D eigenvalue weighted by molar-refractivity contribution is -0.131. The van der Waals surface area contributed by atoms with E-state index in [1.807, 2.05) is 54.6 Å². The Bertz CT molecular complexity index is 1280. The molecule has 0 saturated carbocycles. The number of carbonyl (C=O) groups is 1. The van der Waals surface area contributed by atoms with Gasteiger partial charge in [-0.3, -0.25) is 9.78 Å². The summed E-state index contributed by atoms with van der Waals surface area (Å²) in [4.78, 5) is 19.4. The molecule has 0 unspecified atom stereocenters. The SMILES string of the molecule is CN(Cc1ccccc1)C(=O)Cn1nnc2c1-c1ncccc1CCc1cc(Cl)ccc1-2. The third-order valence-electron chi connectivity index (χ3n) is 5.81. The fraction of sp³-hybridized carbons (Fsp3) is 0.200. The van der Waals surface area contributed by atoms with Crippen LogP contribution in [-0.4, -0.2) is 37.8 Å². The number of benzene rings is 2. The van der Waals surface area contributed by atoms with E-state index in [0.29, 0.717) is 11.6 Å². The smallest absolute Gasteiger partial charge is 0.244 e. The first-order valence-corrected chi connectivity index (χ1v) is 10.9. The first-order valence-electron chi connectivity index (χ1n) is 10.5. The van der Waals surface area contributed by atoms with Crippen LogP contribution in [0.2, 0.25) is 5.02 Å². The standard InChI is InChI=1S/C25H22ClN5O/c1-30(15-17-6-3-2-4-7-17)22(32)16-31-25-23-18(8-5-13-27-23)9-10-19-14-20(26)11-12-21(19)24(25)28-29-31/h2-8,11-14H,9-10,15-16H2,1H3. The van der Waals surface area contributed by atoms with Crippen molar-refractivity contribution in [2.24, 2.45) is 0 Å². The van der Waals surface area contributed by atoms with E-state index in [9.17, 15) is 4.79 Å². The molecule has 1 aliphatic rings. The van der Waals surface area contributed by atoms with Crippen LogP contribution in [0.15, 0.2) is 66.9 Å². The van der Waals surface area contributed by atoms with Crippen molar-refractivity contribution in [1.29, 1.82) is 0 Å². The zero-order chi connectivity index (χ0) is 22.1. The minimum absolute atomic E-state index is 0.0441. The largest absolute Gasteiger partial charge is 0.340 e. The van der Waals surface area contributed by atoms with Crippen LogP contribution >= 0.6 is 11.6 Å². The Kier molecular flexibility index (Phi) is 5.45. The van der Waals surface area contributed by atoms with Crippen molar-refractivity contribution in [2.45, 2.75) is 25.9 Å². The number of hydrogen-bond acceptors (Lipinski definition) is 4. The lowest BCUT2D eigenvalue weighted by atomic mass is 9.92. The van der Waals surface area contributed by atoms with Gasteiger partial charge in [0.15, 0.2) is 0 Å². The van der Waals surface area contributed by atoms with Gasteiger partial charge >= 0.3 is 0 Å². The molecule has 1 amide bonds. The van der Waals surface area contributed by atoms with E-state index < -0.39 is 0 Å². The quantitative estimate of drug-likeness (QED) is 0.468. The maximum Gasteiger partial charge on any atom is 0.244 e. The summed E-state index contributed by atoms with van der Waals surface area (Å²) in [5.74, 6) is -0.0441. The summed E-state index contributed by atoms with van der Waals surface area (Å²) in [5, 5.41) is 9.56. The van der Waals surface area contributed by atoms with Crippen LogP contribution in [0, 0.1) is 0 Å². The predicted molar refractivity (Wildman–Crippen MR) is 124 cm³/mol. The molecule has 0 fully saturated rings. The predicted octanol–water partition coefficient (Wildman–Crippen LogP) is 4.42. The maximum absolute atomic E-state index is 13.1. The molecule has 4 aromatic rings. The molecule has 6 nitrogen and oxygen atoms in total. The highest BCUT2D eigenvalue weighted by atomic mass is 35.5. The molecule has 0 aliphatic heterocycles. The second-order valence-corrected chi connectivity index (χ2v) is 8.43. The number of halogens is 1. The highest BCUT2D eigenvalue weighted by Gasteiger charge is 2.26. The lowest BCUT2D eigenvalue weighted by Crippen LogP contribution is -2.30. The van der Waals surface area contributed by atoms with Gasteiger partial charge in [0.05, 0.1) is 5.69 Å². The van der Waals surface area contributed by atoms with Gasteiger partial charge in [-0.05, 0) is 47.7 Å². The first-order chi connectivity index (χ1) is 15.6. The van der Waals surface area contributed by atoms with E-state index in [2.05, 4.69) is 21.4 Å². The molecule has 2 heterocycles. The fourth-order valence-electron chi connectivity index (χ4n) is 4.16. The minimum atomic E-state index is -0.0441. The summed E-state index contributed by atoms with van der Waals surface area (Å²) in [6.45, 7) is 0.622. The van der Waals surface area contributed by atoms with Crippen LogP contribution in [0.4, 0.5) is 0 Å². The summed E-state index contributed by atoms with van der Waals surface area (Å²) >= 11 is 6.27. The van der Waals surface area contributed by atoms with Gasteiger partial charge in [-0.1, -0.05) is 59.3 Å². The topological polar surface area (TPSA) is 63.9 Å². The van der Waals surface area contributed by atoms with Gasteiger partial charge in [0.2, 0.25) is 5.91 Å². The summed E-state index contributed by atoms with van der Waals surface area (Å²) in [5.41, 5.74) is 6.61. The molecule has 32 heavy (non-hydrogen) atoms. The average molecular weight is 444 g/mol. The number of nitrogens with zero attached hydrogens (tertiary/aromatic N) is 5. The molecule has 1 aliphatic carbocycles. The second-order valence-electron chi connectivity index (χ2n) is 7.99. The van der Waals surface area contributed by atoms with Crippen LogP contribution in [0.25, 0.3) is 22.6 Å². The second kappa shape index (κ2) is 8.55. The van der Waals surface area contributed by atoms with Gasteiger partial charge in [-0.2, -0.15) is 0 Å². The maximum atomic E-state index is 13.1. The van der Waals surface area contributed by atoms with Crippen LogP contribution < -0.4 is 0 Å². The Morgan fingerprint density at radius 1 is 1.03 bits per heavy atom. The van der Waals surface area contributed by atoms with Gasteiger partial charge in [-0.25, -0.2) is 4.68 Å². The molecule has 160 valence electrons. The lowest BCUT2D eigenvalue weighted by Gasteiger charge is -2.19. The molecule has 2 aromatic carbocycles. The van der Waals surface area contributed by atoms with Crippen molar-refractivity contribution in [1.82, 2.24) is 24.9 Å². The van der Waals surface area contributed by atoms with Crippen LogP contribution in [0.5, 0.6) is 0 Å². The molecule has 0 spiro atoms. The van der Waals surface area contributed by atoms with Gasteiger partial charge < -0.3 is 4.90 Å². The zero-order valence-corrected chi connectivity index (χ0v) is 18.5. The summed E-state index contributed by atoms with van der Waals surface area (Å²) < 4.78 is 1.68. The Hall–Kier alpha value is -3.51. The number of pyridine rings is 1. The molecular formula is C25H22ClN5O. The van der Waals surface area contributed by atoms with Crippen molar-refractivity contribution in [3.8, 4) is 22.6 Å². The minimum Gasteiger partial charge on any atom is -0.340 e. The van der Waals surface area contributed by atoms with Gasteiger partial charge in [0.1, 0.15) is 17.9 Å². The van der Waals surface area contributed by atoms with E-state index in [1.165, 1.54) is 0 Å². The molecule has 0 atom stereocenters. The van der Waals surface area contributed by atoms with Crippen molar-refractivity contribution in [2.75, 3.05) is 7.05 Å². The number of hydrogen-bond donors (Lipinski definition) is 0. The van der Waals surface area contributed by atoms with Gasteiger partial charge in [-0.15, -0.1) is 5.10 Å². The number of aryl methyl sites for hydroxylation is 2. The number of amides is 1. The molecule has 2 aromatic heterocycles. The van der Waals surface area contributed by atoms with Crippen molar-refractivity contribution >= 4 is 17.5 Å². The van der Waals surface area contributed by atoms with Crippen molar-refractivity contribution in [3.63, 3.8) is 0 Å². The molecule has 5 rings (SSSR count). The van der Waals surface area contributed by atoms with Crippen LogP contribution in [-0.2, 0) is 30.7 Å². The molecule has 0 saturated heterocycles. The number of likely N-dealkylation sites (N-methyl/N-ethyl adjacent to an activating group) is 1. The summed E-state index contributed by atoms with van der Waals surface area (Å²) in [6, 6.07) is 19.8. The van der Waals surface area contributed by atoms with Crippen LogP contribution in [0.3, 0.4) is 0 Å². The molecular weight excluding hydrogens is 422 g/mol. The van der Waals surface area contributed by atoms with E-state index in [4.69, 9.17) is 11.6 Å². The van der Waals surface area contributed by atoms with E-state index in [-0.39, 0.29) is 12.5 Å². The number of fused-ring (bicyclic) bond motifs is 5. The molecule has 0 N–H and O–H groups in total. The fourth-order valence-corrected chi connectivity index (χ4v) is 4.35. The highest BCUT2D eigenvalue weighted by Crippen LogP contribution is 2.37. The Labute approximate surface area is 191 Å². The molecule has 0 bridgehead atoms. The number of aromatic nitrogens is 4. The number of rotatable bonds is 4. The van der Waals surface area contributed by atoms with E-state index in [1.54, 1.807) is 22.8 Å². The Balaban J connectivity index is 1.53. The molecule has 0 radical (unpaired) electrons. The first kappa shape index (κ1) is 20.4. The highest BCUT2D eigenvalue weighted by molar-refractivity contribution is 6.30. The van der Waals surface area contributed by atoms with Gasteiger partial charge in [0.25, 0.3) is 0 Å². The monoisotopic (exact) mass is 443 g/mol. The zero-order valence-electron chi connectivity index (χ0n) is 17.7. The number of carbonyl (C=O) groups excluding carboxylic acids is 1. The Morgan fingerprint density at radius 3 is 2.69 bits per heavy atom.